The first-order valence-corrected chi connectivity index (χ1v) is 8.14. The monoisotopic (exact) mass is 330 g/mol. The van der Waals surface area contributed by atoms with E-state index in [0.717, 1.165) is 22.5 Å². The molecule has 2 rings (SSSR count). The van der Waals surface area contributed by atoms with E-state index in [9.17, 15) is 4.21 Å². The molecule has 0 aliphatic rings. The maximum absolute atomic E-state index is 11.1. The van der Waals surface area contributed by atoms with Crippen molar-refractivity contribution in [3.63, 3.8) is 0 Å². The molecule has 0 bridgehead atoms. The minimum Gasteiger partial charge on any atom is -0.364 e. The number of hydrogen-bond acceptors (Lipinski definition) is 4. The van der Waals surface area contributed by atoms with E-state index in [1.165, 1.54) is 0 Å². The van der Waals surface area contributed by atoms with Gasteiger partial charge in [0, 0.05) is 47.4 Å². The van der Waals surface area contributed by atoms with Gasteiger partial charge < -0.3 is 9.72 Å². The SMILES string of the molecule is CC(CCS(C)=O)Nc1nc(Br)cn2ccnc12. The summed E-state index contributed by atoms with van der Waals surface area (Å²) in [7, 11) is -0.758. The second kappa shape index (κ2) is 5.79. The van der Waals surface area contributed by atoms with Crippen LogP contribution in [-0.4, -0.2) is 36.6 Å². The molecule has 0 saturated heterocycles. The van der Waals surface area contributed by atoms with E-state index in [0.29, 0.717) is 5.75 Å². The van der Waals surface area contributed by atoms with Crippen molar-refractivity contribution >= 4 is 38.2 Å². The molecule has 1 N–H and O–H groups in total. The molecule has 2 aromatic heterocycles. The van der Waals surface area contributed by atoms with E-state index in [4.69, 9.17) is 0 Å². The number of halogens is 1. The van der Waals surface area contributed by atoms with Crippen LogP contribution >= 0.6 is 15.9 Å². The molecule has 2 unspecified atom stereocenters. The minimum atomic E-state index is -0.758. The third-order valence-corrected chi connectivity index (χ3v) is 3.76. The molecular formula is C11H15BrN4OS. The van der Waals surface area contributed by atoms with E-state index in [1.54, 1.807) is 12.5 Å². The summed E-state index contributed by atoms with van der Waals surface area (Å²) in [4.78, 5) is 8.65. The van der Waals surface area contributed by atoms with Crippen molar-refractivity contribution in [1.29, 1.82) is 0 Å². The second-order valence-corrected chi connectivity index (χ2v) is 6.55. The van der Waals surface area contributed by atoms with Gasteiger partial charge in [-0.15, -0.1) is 0 Å². The van der Waals surface area contributed by atoms with Crippen LogP contribution in [0.3, 0.4) is 0 Å². The molecule has 18 heavy (non-hydrogen) atoms. The topological polar surface area (TPSA) is 59.3 Å². The fraction of sp³-hybridized carbons (Fsp3) is 0.455. The highest BCUT2D eigenvalue weighted by molar-refractivity contribution is 9.10. The normalized spacial score (nSPS) is 14.6. The van der Waals surface area contributed by atoms with Crippen LogP contribution in [0.15, 0.2) is 23.2 Å². The van der Waals surface area contributed by atoms with Crippen molar-refractivity contribution in [3.8, 4) is 0 Å². The maximum Gasteiger partial charge on any atom is 0.180 e. The van der Waals surface area contributed by atoms with Crippen LogP contribution < -0.4 is 5.32 Å². The molecule has 98 valence electrons. The van der Waals surface area contributed by atoms with Crippen LogP contribution in [0.25, 0.3) is 5.65 Å². The molecule has 0 radical (unpaired) electrons. The van der Waals surface area contributed by atoms with Crippen LogP contribution in [0.2, 0.25) is 0 Å². The number of fused-ring (bicyclic) bond motifs is 1. The molecule has 2 aromatic rings. The standard InChI is InChI=1S/C11H15BrN4OS/c1-8(3-6-18(2)17)14-10-11-13-4-5-16(11)7-9(12)15-10/h4-5,7-8H,3,6H2,1-2H3,(H,14,15). The molecule has 0 fully saturated rings. The lowest BCUT2D eigenvalue weighted by Gasteiger charge is -2.14. The summed E-state index contributed by atoms with van der Waals surface area (Å²) in [6.07, 6.45) is 8.03. The molecule has 0 saturated carbocycles. The molecule has 7 heteroatoms. The zero-order valence-corrected chi connectivity index (χ0v) is 12.7. The summed E-state index contributed by atoms with van der Waals surface area (Å²) in [5.74, 6) is 1.43. The summed E-state index contributed by atoms with van der Waals surface area (Å²) < 4.78 is 13.7. The van der Waals surface area contributed by atoms with Gasteiger partial charge in [0.1, 0.15) is 4.60 Å². The van der Waals surface area contributed by atoms with Crippen molar-refractivity contribution in [2.24, 2.45) is 0 Å². The first kappa shape index (κ1) is 13.5. The number of rotatable bonds is 5. The maximum atomic E-state index is 11.1. The van der Waals surface area contributed by atoms with Gasteiger partial charge in [-0.3, -0.25) is 4.21 Å². The molecule has 5 nitrogen and oxygen atoms in total. The van der Waals surface area contributed by atoms with Crippen LogP contribution in [0, 0.1) is 0 Å². The molecule has 0 aliphatic carbocycles. The Kier molecular flexibility index (Phi) is 4.34. The van der Waals surface area contributed by atoms with Gasteiger partial charge in [0.05, 0.1) is 0 Å². The van der Waals surface area contributed by atoms with E-state index in [1.807, 2.05) is 16.8 Å². The number of hydrogen-bond donors (Lipinski definition) is 1. The van der Waals surface area contributed by atoms with Gasteiger partial charge in [-0.25, -0.2) is 9.97 Å². The molecule has 2 heterocycles. The zero-order valence-electron chi connectivity index (χ0n) is 10.3. The fourth-order valence-corrected chi connectivity index (χ4v) is 2.73. The summed E-state index contributed by atoms with van der Waals surface area (Å²) in [6, 6.07) is 0.205. The number of aromatic nitrogens is 3. The average Bonchev–Trinajstić information content (AvgIpc) is 2.74. The predicted molar refractivity (Wildman–Crippen MR) is 77.3 cm³/mol. The van der Waals surface area contributed by atoms with Gasteiger partial charge in [0.2, 0.25) is 0 Å². The predicted octanol–water partition coefficient (Wildman–Crippen LogP) is 2.06. The molecule has 0 aliphatic heterocycles. The number of imidazole rings is 1. The van der Waals surface area contributed by atoms with Crippen molar-refractivity contribution in [2.75, 3.05) is 17.3 Å². The van der Waals surface area contributed by atoms with Crippen LogP contribution in [0.1, 0.15) is 13.3 Å². The fourth-order valence-electron chi connectivity index (χ4n) is 1.65. The third kappa shape index (κ3) is 3.29. The van der Waals surface area contributed by atoms with E-state index >= 15 is 0 Å². The molecule has 0 aromatic carbocycles. The average molecular weight is 331 g/mol. The molecular weight excluding hydrogens is 316 g/mol. The van der Waals surface area contributed by atoms with Gasteiger partial charge >= 0.3 is 0 Å². The highest BCUT2D eigenvalue weighted by atomic mass is 79.9. The van der Waals surface area contributed by atoms with Gasteiger partial charge in [-0.2, -0.15) is 0 Å². The largest absolute Gasteiger partial charge is 0.364 e. The Labute approximate surface area is 117 Å². The van der Waals surface area contributed by atoms with Crippen molar-refractivity contribution in [2.45, 2.75) is 19.4 Å². The smallest absolute Gasteiger partial charge is 0.180 e. The Balaban J connectivity index is 2.15. The number of nitrogens with zero attached hydrogens (tertiary/aromatic N) is 3. The third-order valence-electron chi connectivity index (χ3n) is 2.57. The Morgan fingerprint density at radius 3 is 3.11 bits per heavy atom. The lowest BCUT2D eigenvalue weighted by atomic mass is 10.2. The second-order valence-electron chi connectivity index (χ2n) is 4.18. The van der Waals surface area contributed by atoms with E-state index < -0.39 is 10.8 Å². The van der Waals surface area contributed by atoms with Crippen molar-refractivity contribution in [1.82, 2.24) is 14.4 Å². The first-order valence-electron chi connectivity index (χ1n) is 5.62. The van der Waals surface area contributed by atoms with Crippen molar-refractivity contribution in [3.05, 3.63) is 23.2 Å². The summed E-state index contributed by atoms with van der Waals surface area (Å²) in [5.41, 5.74) is 0.794. The lowest BCUT2D eigenvalue weighted by Crippen LogP contribution is -2.19. The van der Waals surface area contributed by atoms with Crippen LogP contribution in [0.5, 0.6) is 0 Å². The number of nitrogens with one attached hydrogen (secondary N) is 1. The van der Waals surface area contributed by atoms with E-state index in [-0.39, 0.29) is 6.04 Å². The molecule has 2 atom stereocenters. The Morgan fingerprint density at radius 1 is 1.61 bits per heavy atom. The lowest BCUT2D eigenvalue weighted by molar-refractivity contribution is 0.678. The highest BCUT2D eigenvalue weighted by Gasteiger charge is 2.10. The van der Waals surface area contributed by atoms with E-state index in [2.05, 4.69) is 38.1 Å². The van der Waals surface area contributed by atoms with Gasteiger partial charge in [0.25, 0.3) is 0 Å². The summed E-state index contributed by atoms with van der Waals surface area (Å²) >= 11 is 3.37. The Morgan fingerprint density at radius 2 is 2.39 bits per heavy atom. The quantitative estimate of drug-likeness (QED) is 0.911. The molecule has 0 amide bonds. The minimum absolute atomic E-state index is 0.205. The van der Waals surface area contributed by atoms with Gasteiger partial charge in [-0.1, -0.05) is 0 Å². The zero-order chi connectivity index (χ0) is 13.1. The Bertz CT molecular complexity index is 571. The molecule has 0 spiro atoms. The van der Waals surface area contributed by atoms with Gasteiger partial charge in [-0.05, 0) is 29.3 Å². The van der Waals surface area contributed by atoms with Crippen LogP contribution in [0.4, 0.5) is 5.82 Å². The van der Waals surface area contributed by atoms with Crippen molar-refractivity contribution < 1.29 is 4.21 Å². The first-order chi connectivity index (χ1) is 8.56. The Hall–Kier alpha value is -0.950. The van der Waals surface area contributed by atoms with Gasteiger partial charge in [0.15, 0.2) is 11.5 Å². The number of anilines is 1. The highest BCUT2D eigenvalue weighted by Crippen LogP contribution is 2.18. The summed E-state index contributed by atoms with van der Waals surface area (Å²) in [5, 5.41) is 3.31. The summed E-state index contributed by atoms with van der Waals surface area (Å²) in [6.45, 7) is 2.05. The van der Waals surface area contributed by atoms with Crippen LogP contribution in [-0.2, 0) is 10.8 Å².